The maximum atomic E-state index is 13.9. The highest BCUT2D eigenvalue weighted by atomic mass is 19.1. The fourth-order valence-electron chi connectivity index (χ4n) is 7.95. The smallest absolute Gasteiger partial charge is 0.123 e. The summed E-state index contributed by atoms with van der Waals surface area (Å²) in [6.07, 6.45) is 0.783. The molecular weight excluding hydrogens is 658 g/mol. The zero-order chi connectivity index (χ0) is 36.0. The van der Waals surface area contributed by atoms with Crippen molar-refractivity contribution in [2.45, 2.75) is 6.42 Å². The first-order valence-electron chi connectivity index (χ1n) is 18.4. The van der Waals surface area contributed by atoms with Gasteiger partial charge in [-0.1, -0.05) is 164 Å². The van der Waals surface area contributed by atoms with E-state index in [1.54, 1.807) is 12.1 Å². The first-order chi connectivity index (χ1) is 26.6. The molecular formula is C52H34FN. The van der Waals surface area contributed by atoms with Crippen molar-refractivity contribution in [2.24, 2.45) is 0 Å². The number of halogens is 1. The summed E-state index contributed by atoms with van der Waals surface area (Å²) in [7, 11) is 0. The van der Waals surface area contributed by atoms with Crippen LogP contribution in [0.2, 0.25) is 0 Å². The molecule has 0 saturated carbocycles. The molecule has 0 atom stereocenters. The molecule has 8 aromatic carbocycles. The van der Waals surface area contributed by atoms with Gasteiger partial charge >= 0.3 is 0 Å². The Morgan fingerprint density at radius 1 is 0.333 bits per heavy atom. The Morgan fingerprint density at radius 3 is 1.61 bits per heavy atom. The first-order valence-corrected chi connectivity index (χ1v) is 18.4. The molecule has 1 aliphatic carbocycles. The van der Waals surface area contributed by atoms with Crippen molar-refractivity contribution in [3.8, 4) is 78.1 Å². The van der Waals surface area contributed by atoms with Gasteiger partial charge in [0.2, 0.25) is 0 Å². The Bertz CT molecular complexity index is 2810. The third-order valence-electron chi connectivity index (χ3n) is 10.8. The molecule has 0 bridgehead atoms. The first kappa shape index (κ1) is 31.8. The number of hydrogen-bond acceptors (Lipinski definition) is 1. The molecule has 0 N–H and O–H groups in total. The lowest BCUT2D eigenvalue weighted by molar-refractivity contribution is 0.626. The summed E-state index contributed by atoms with van der Waals surface area (Å²) in [4.78, 5) is 5.17. The molecule has 0 unspecified atom stereocenters. The summed E-state index contributed by atoms with van der Waals surface area (Å²) >= 11 is 0. The molecule has 1 nitrogen and oxygen atoms in total. The van der Waals surface area contributed by atoms with E-state index in [0.29, 0.717) is 0 Å². The highest BCUT2D eigenvalue weighted by Gasteiger charge is 2.19. The number of pyridine rings is 1. The summed E-state index contributed by atoms with van der Waals surface area (Å²) in [5.74, 6) is -0.174. The van der Waals surface area contributed by atoms with Crippen molar-refractivity contribution in [2.75, 3.05) is 0 Å². The van der Waals surface area contributed by atoms with Crippen LogP contribution >= 0.6 is 0 Å². The standard InChI is InChI=1S/C52H34FN/c53-46-27-28-49-45(30-46)29-43-26-25-42(31-50(43)49)36-17-13-34(14-18-36)35-15-19-37(20-16-35)44-32-51(40-8-2-1-3-9-40)54-52(33-44)41-23-21-39(22-24-41)48-12-6-10-38-7-4-5-11-47(38)48/h1-28,30-33H,29H2. The zero-order valence-electron chi connectivity index (χ0n) is 29.5. The normalized spacial score (nSPS) is 11.7. The van der Waals surface area contributed by atoms with Crippen LogP contribution in [0.3, 0.4) is 0 Å². The van der Waals surface area contributed by atoms with Crippen molar-refractivity contribution < 1.29 is 4.39 Å². The van der Waals surface area contributed by atoms with Crippen LogP contribution in [0.4, 0.5) is 4.39 Å². The minimum absolute atomic E-state index is 0.174. The third kappa shape index (κ3) is 5.88. The fraction of sp³-hybridized carbons (Fsp3) is 0.0192. The van der Waals surface area contributed by atoms with Crippen LogP contribution in [0.5, 0.6) is 0 Å². The number of nitrogens with zero attached hydrogens (tertiary/aromatic N) is 1. The molecule has 0 aliphatic heterocycles. The number of benzene rings is 8. The van der Waals surface area contributed by atoms with Crippen LogP contribution in [0, 0.1) is 5.82 Å². The monoisotopic (exact) mass is 691 g/mol. The van der Waals surface area contributed by atoms with Gasteiger partial charge in [0, 0.05) is 11.1 Å². The lowest BCUT2D eigenvalue weighted by Crippen LogP contribution is -1.91. The van der Waals surface area contributed by atoms with Crippen molar-refractivity contribution in [3.05, 3.63) is 211 Å². The molecule has 10 rings (SSSR count). The Labute approximate surface area is 314 Å². The van der Waals surface area contributed by atoms with Crippen LogP contribution in [-0.4, -0.2) is 4.98 Å². The molecule has 0 radical (unpaired) electrons. The quantitative estimate of drug-likeness (QED) is 0.169. The van der Waals surface area contributed by atoms with Gasteiger partial charge in [-0.2, -0.15) is 0 Å². The van der Waals surface area contributed by atoms with Gasteiger partial charge in [-0.15, -0.1) is 0 Å². The number of rotatable bonds is 6. The topological polar surface area (TPSA) is 12.9 Å². The summed E-state index contributed by atoms with van der Waals surface area (Å²) in [6, 6.07) is 68.0. The van der Waals surface area contributed by atoms with Crippen molar-refractivity contribution in [1.82, 2.24) is 4.98 Å². The second kappa shape index (κ2) is 13.3. The third-order valence-corrected chi connectivity index (χ3v) is 10.8. The Hall–Kier alpha value is -6.90. The molecule has 1 aliphatic rings. The molecule has 0 saturated heterocycles. The molecule has 54 heavy (non-hydrogen) atoms. The van der Waals surface area contributed by atoms with E-state index >= 15 is 0 Å². The van der Waals surface area contributed by atoms with E-state index in [4.69, 9.17) is 4.98 Å². The van der Waals surface area contributed by atoms with Gasteiger partial charge in [0.05, 0.1) is 11.4 Å². The summed E-state index contributed by atoms with van der Waals surface area (Å²) in [5.41, 5.74) is 18.1. The Balaban J connectivity index is 0.945. The van der Waals surface area contributed by atoms with E-state index in [-0.39, 0.29) is 5.82 Å². The van der Waals surface area contributed by atoms with Gasteiger partial charge in [0.25, 0.3) is 0 Å². The van der Waals surface area contributed by atoms with E-state index in [1.165, 1.54) is 44.2 Å². The van der Waals surface area contributed by atoms with Crippen LogP contribution in [0.25, 0.3) is 88.9 Å². The number of hydrogen-bond donors (Lipinski definition) is 0. The van der Waals surface area contributed by atoms with Gasteiger partial charge in [-0.25, -0.2) is 9.37 Å². The lowest BCUT2D eigenvalue weighted by atomic mass is 9.95. The van der Waals surface area contributed by atoms with Crippen molar-refractivity contribution in [3.63, 3.8) is 0 Å². The maximum Gasteiger partial charge on any atom is 0.123 e. The highest BCUT2D eigenvalue weighted by molar-refractivity contribution is 5.97. The molecule has 254 valence electrons. The molecule has 2 heteroatoms. The summed E-state index contributed by atoms with van der Waals surface area (Å²) in [6.45, 7) is 0. The van der Waals surface area contributed by atoms with E-state index in [2.05, 4.69) is 170 Å². The van der Waals surface area contributed by atoms with Gasteiger partial charge in [-0.05, 0) is 114 Å². The molecule has 0 spiro atoms. The molecule has 1 heterocycles. The lowest BCUT2D eigenvalue weighted by Gasteiger charge is -2.12. The predicted molar refractivity (Wildman–Crippen MR) is 223 cm³/mol. The van der Waals surface area contributed by atoms with Crippen LogP contribution in [0.15, 0.2) is 194 Å². The average Bonchev–Trinajstić information content (AvgIpc) is 3.60. The average molecular weight is 692 g/mol. The molecule has 0 amide bonds. The van der Waals surface area contributed by atoms with E-state index in [1.807, 2.05) is 12.1 Å². The molecule has 0 fully saturated rings. The Morgan fingerprint density at radius 2 is 0.889 bits per heavy atom. The van der Waals surface area contributed by atoms with Crippen molar-refractivity contribution in [1.29, 1.82) is 0 Å². The maximum absolute atomic E-state index is 13.9. The van der Waals surface area contributed by atoms with Gasteiger partial charge in [-0.3, -0.25) is 0 Å². The number of aromatic nitrogens is 1. The fourth-order valence-corrected chi connectivity index (χ4v) is 7.95. The van der Waals surface area contributed by atoms with E-state index in [9.17, 15) is 4.39 Å². The van der Waals surface area contributed by atoms with E-state index < -0.39 is 0 Å². The Kier molecular flexibility index (Phi) is 7.81. The van der Waals surface area contributed by atoms with E-state index in [0.717, 1.165) is 62.3 Å². The van der Waals surface area contributed by atoms with Gasteiger partial charge < -0.3 is 0 Å². The van der Waals surface area contributed by atoms with Crippen LogP contribution in [0.1, 0.15) is 11.1 Å². The van der Waals surface area contributed by atoms with Crippen molar-refractivity contribution >= 4 is 10.8 Å². The second-order valence-electron chi connectivity index (χ2n) is 14.1. The van der Waals surface area contributed by atoms with Crippen LogP contribution in [-0.2, 0) is 6.42 Å². The second-order valence-corrected chi connectivity index (χ2v) is 14.1. The predicted octanol–water partition coefficient (Wildman–Crippen LogP) is 13.9. The summed E-state index contributed by atoms with van der Waals surface area (Å²) in [5, 5.41) is 2.50. The van der Waals surface area contributed by atoms with Gasteiger partial charge in [0.15, 0.2) is 0 Å². The largest absolute Gasteiger partial charge is 0.248 e. The molecule has 1 aromatic heterocycles. The highest BCUT2D eigenvalue weighted by Crippen LogP contribution is 2.40. The van der Waals surface area contributed by atoms with Crippen LogP contribution < -0.4 is 0 Å². The summed E-state index contributed by atoms with van der Waals surface area (Å²) < 4.78 is 13.9. The van der Waals surface area contributed by atoms with Gasteiger partial charge in [0.1, 0.15) is 5.82 Å². The SMILES string of the molecule is Fc1ccc2c(c1)Cc1ccc(-c3ccc(-c4ccc(-c5cc(-c6ccccc6)nc(-c6ccc(-c7cccc8ccccc78)cc6)c5)cc4)cc3)cc1-2. The zero-order valence-corrected chi connectivity index (χ0v) is 29.5. The minimum Gasteiger partial charge on any atom is -0.248 e. The number of fused-ring (bicyclic) bond motifs is 4. The molecule has 9 aromatic rings. The minimum atomic E-state index is -0.174.